The summed E-state index contributed by atoms with van der Waals surface area (Å²) in [5.41, 5.74) is -3.06. The number of rotatable bonds is 4. The van der Waals surface area contributed by atoms with E-state index in [2.05, 4.69) is 0 Å². The van der Waals surface area contributed by atoms with Gasteiger partial charge < -0.3 is 9.47 Å². The van der Waals surface area contributed by atoms with E-state index < -0.39 is 34.8 Å². The highest BCUT2D eigenvalue weighted by Crippen LogP contribution is 2.36. The summed E-state index contributed by atoms with van der Waals surface area (Å²) in [5.74, 6) is 0.187. The van der Waals surface area contributed by atoms with E-state index in [1.807, 2.05) is 0 Å². The SMILES string of the molecule is O=C(C/C=C/c1ccc2c(c1)OCO2)c1cc(C(F)(F)F)cc(C(F)(F)F)c1. The molecule has 0 saturated heterocycles. The molecule has 0 atom stereocenters. The second-order valence-electron chi connectivity index (χ2n) is 5.94. The van der Waals surface area contributed by atoms with Crippen molar-refractivity contribution in [3.8, 4) is 11.5 Å². The number of ether oxygens (including phenoxy) is 2. The Hall–Kier alpha value is -2.97. The van der Waals surface area contributed by atoms with E-state index in [9.17, 15) is 31.1 Å². The average Bonchev–Trinajstić information content (AvgIpc) is 3.07. The highest BCUT2D eigenvalue weighted by molar-refractivity contribution is 5.97. The molecule has 148 valence electrons. The minimum Gasteiger partial charge on any atom is -0.454 e. The molecule has 0 radical (unpaired) electrons. The minimum atomic E-state index is -5.00. The van der Waals surface area contributed by atoms with Crippen LogP contribution >= 0.6 is 0 Å². The fourth-order valence-electron chi connectivity index (χ4n) is 2.55. The van der Waals surface area contributed by atoms with Crippen LogP contribution in [0.5, 0.6) is 11.5 Å². The Kier molecular flexibility index (Phi) is 5.10. The van der Waals surface area contributed by atoms with Crippen molar-refractivity contribution in [2.75, 3.05) is 6.79 Å². The van der Waals surface area contributed by atoms with Crippen molar-refractivity contribution in [1.82, 2.24) is 0 Å². The summed E-state index contributed by atoms with van der Waals surface area (Å²) in [6.07, 6.45) is -7.50. The Balaban J connectivity index is 1.80. The molecule has 0 saturated carbocycles. The van der Waals surface area contributed by atoms with Gasteiger partial charge in [-0.25, -0.2) is 0 Å². The summed E-state index contributed by atoms with van der Waals surface area (Å²) < 4.78 is 87.5. The maximum Gasteiger partial charge on any atom is 0.416 e. The normalized spacial score (nSPS) is 13.9. The van der Waals surface area contributed by atoms with Crippen molar-refractivity contribution in [3.05, 3.63) is 64.7 Å². The zero-order valence-corrected chi connectivity index (χ0v) is 14.0. The van der Waals surface area contributed by atoms with Gasteiger partial charge in [-0.1, -0.05) is 18.2 Å². The Morgan fingerprint density at radius 1 is 0.893 bits per heavy atom. The Labute approximate surface area is 155 Å². The van der Waals surface area contributed by atoms with Gasteiger partial charge in [-0.05, 0) is 35.9 Å². The molecular formula is C19H12F6O3. The maximum absolute atomic E-state index is 12.9. The number of carbonyl (C=O) groups excluding carboxylic acids is 1. The highest BCUT2D eigenvalue weighted by atomic mass is 19.4. The van der Waals surface area contributed by atoms with Gasteiger partial charge in [0.15, 0.2) is 17.3 Å². The number of halogens is 6. The smallest absolute Gasteiger partial charge is 0.416 e. The maximum atomic E-state index is 12.9. The number of allylic oxidation sites excluding steroid dienone is 1. The molecular weight excluding hydrogens is 390 g/mol. The van der Waals surface area contributed by atoms with Crippen molar-refractivity contribution in [2.24, 2.45) is 0 Å². The van der Waals surface area contributed by atoms with Crippen molar-refractivity contribution in [1.29, 1.82) is 0 Å². The monoisotopic (exact) mass is 402 g/mol. The molecule has 2 aromatic carbocycles. The topological polar surface area (TPSA) is 35.5 Å². The number of alkyl halides is 6. The first-order chi connectivity index (χ1) is 13.0. The summed E-state index contributed by atoms with van der Waals surface area (Å²) in [6, 6.07) is 5.78. The lowest BCUT2D eigenvalue weighted by molar-refractivity contribution is -0.143. The Bertz CT molecular complexity index is 896. The molecule has 3 rings (SSSR count). The molecule has 0 N–H and O–H groups in total. The molecule has 2 aromatic rings. The zero-order valence-electron chi connectivity index (χ0n) is 14.0. The van der Waals surface area contributed by atoms with Crippen LogP contribution in [0.2, 0.25) is 0 Å². The lowest BCUT2D eigenvalue weighted by atomic mass is 10.00. The quantitative estimate of drug-likeness (QED) is 0.483. The van der Waals surface area contributed by atoms with Gasteiger partial charge in [0.2, 0.25) is 6.79 Å². The highest BCUT2D eigenvalue weighted by Gasteiger charge is 2.37. The summed E-state index contributed by atoms with van der Waals surface area (Å²) in [4.78, 5) is 12.1. The average molecular weight is 402 g/mol. The third-order valence-electron chi connectivity index (χ3n) is 3.92. The van der Waals surface area contributed by atoms with Crippen LogP contribution in [0, 0.1) is 0 Å². The number of benzene rings is 2. The lowest BCUT2D eigenvalue weighted by Gasteiger charge is -2.13. The number of fused-ring (bicyclic) bond motifs is 1. The van der Waals surface area contributed by atoms with Crippen LogP contribution in [-0.4, -0.2) is 12.6 Å². The molecule has 0 aromatic heterocycles. The third-order valence-corrected chi connectivity index (χ3v) is 3.92. The molecule has 1 heterocycles. The molecule has 3 nitrogen and oxygen atoms in total. The fourth-order valence-corrected chi connectivity index (χ4v) is 2.55. The zero-order chi connectivity index (χ0) is 20.5. The van der Waals surface area contributed by atoms with Crippen molar-refractivity contribution < 1.29 is 40.6 Å². The molecule has 0 fully saturated rings. The van der Waals surface area contributed by atoms with E-state index >= 15 is 0 Å². The van der Waals surface area contributed by atoms with Gasteiger partial charge in [0.1, 0.15) is 0 Å². The molecule has 9 heteroatoms. The van der Waals surface area contributed by atoms with E-state index in [1.165, 1.54) is 12.2 Å². The van der Waals surface area contributed by atoms with Crippen LogP contribution < -0.4 is 9.47 Å². The van der Waals surface area contributed by atoms with Gasteiger partial charge in [0.25, 0.3) is 0 Å². The molecule has 1 aliphatic heterocycles. The van der Waals surface area contributed by atoms with Crippen LogP contribution in [0.25, 0.3) is 6.08 Å². The molecule has 0 bridgehead atoms. The van der Waals surface area contributed by atoms with E-state index in [0.717, 1.165) is 0 Å². The minimum absolute atomic E-state index is 0.0146. The van der Waals surface area contributed by atoms with Crippen LogP contribution in [0.3, 0.4) is 0 Å². The van der Waals surface area contributed by atoms with Crippen LogP contribution in [0.4, 0.5) is 26.3 Å². The van der Waals surface area contributed by atoms with Crippen LogP contribution in [-0.2, 0) is 12.4 Å². The third kappa shape index (κ3) is 4.47. The molecule has 0 amide bonds. The van der Waals surface area contributed by atoms with Gasteiger partial charge >= 0.3 is 12.4 Å². The Morgan fingerprint density at radius 3 is 2.11 bits per heavy atom. The molecule has 0 aliphatic carbocycles. The molecule has 28 heavy (non-hydrogen) atoms. The standard InChI is InChI=1S/C19H12F6O3/c20-18(21,22)13-7-12(8-14(9-13)19(23,24)25)15(26)3-1-2-11-4-5-16-17(6-11)28-10-27-16/h1-2,4-9H,3,10H2/b2-1+. The van der Waals surface area contributed by atoms with Gasteiger partial charge in [0, 0.05) is 12.0 Å². The summed E-state index contributed by atoms with van der Waals surface area (Å²) in [5, 5.41) is 0. The fraction of sp³-hybridized carbons (Fsp3) is 0.211. The molecule has 0 unspecified atom stereocenters. The van der Waals surface area contributed by atoms with Crippen molar-refractivity contribution >= 4 is 11.9 Å². The predicted molar refractivity (Wildman–Crippen MR) is 87.0 cm³/mol. The van der Waals surface area contributed by atoms with E-state index in [-0.39, 0.29) is 19.3 Å². The number of Topliss-reactive ketones (excluding diaryl/α,β-unsaturated/α-hetero) is 1. The predicted octanol–water partition coefficient (Wildman–Crippen LogP) is 5.74. The first-order valence-corrected chi connectivity index (χ1v) is 7.93. The summed E-state index contributed by atoms with van der Waals surface area (Å²) >= 11 is 0. The van der Waals surface area contributed by atoms with Gasteiger partial charge in [-0.15, -0.1) is 0 Å². The van der Waals surface area contributed by atoms with Crippen LogP contribution in [0.15, 0.2) is 42.5 Å². The molecule has 1 aliphatic rings. The van der Waals surface area contributed by atoms with Gasteiger partial charge in [0.05, 0.1) is 11.1 Å². The van der Waals surface area contributed by atoms with Gasteiger partial charge in [-0.3, -0.25) is 4.79 Å². The number of ketones is 1. The number of hydrogen-bond donors (Lipinski definition) is 0. The van der Waals surface area contributed by atoms with E-state index in [4.69, 9.17) is 9.47 Å². The van der Waals surface area contributed by atoms with Crippen molar-refractivity contribution in [3.63, 3.8) is 0 Å². The first kappa shape index (κ1) is 19.8. The number of carbonyl (C=O) groups is 1. The summed E-state index contributed by atoms with van der Waals surface area (Å²) in [6.45, 7) is 0.0814. The van der Waals surface area contributed by atoms with Gasteiger partial charge in [-0.2, -0.15) is 26.3 Å². The first-order valence-electron chi connectivity index (χ1n) is 7.93. The lowest BCUT2D eigenvalue weighted by Crippen LogP contribution is -2.13. The molecule has 0 spiro atoms. The number of hydrogen-bond acceptors (Lipinski definition) is 3. The van der Waals surface area contributed by atoms with E-state index in [1.54, 1.807) is 18.2 Å². The summed E-state index contributed by atoms with van der Waals surface area (Å²) in [7, 11) is 0. The second kappa shape index (κ2) is 7.21. The van der Waals surface area contributed by atoms with E-state index in [0.29, 0.717) is 29.2 Å². The van der Waals surface area contributed by atoms with Crippen molar-refractivity contribution in [2.45, 2.75) is 18.8 Å². The van der Waals surface area contributed by atoms with Crippen LogP contribution in [0.1, 0.15) is 33.5 Å². The largest absolute Gasteiger partial charge is 0.454 e. The Morgan fingerprint density at radius 2 is 1.50 bits per heavy atom. The second-order valence-corrected chi connectivity index (χ2v) is 5.94.